The molecule has 96 valence electrons. The molecule has 0 bridgehead atoms. The molecule has 2 N–H and O–H groups in total. The van der Waals surface area contributed by atoms with Crippen LogP contribution in [-0.4, -0.2) is 28.5 Å². The lowest BCUT2D eigenvalue weighted by Crippen LogP contribution is -2.41. The highest BCUT2D eigenvalue weighted by atomic mass is 15.2. The highest BCUT2D eigenvalue weighted by Crippen LogP contribution is 2.35. The molecule has 2 atom stereocenters. The van der Waals surface area contributed by atoms with Crippen molar-refractivity contribution in [2.75, 3.05) is 6.54 Å². The van der Waals surface area contributed by atoms with Gasteiger partial charge in [-0.05, 0) is 31.9 Å². The number of hydrogen-bond donors (Lipinski definition) is 1. The summed E-state index contributed by atoms with van der Waals surface area (Å²) in [5, 5.41) is 8.78. The molecule has 4 nitrogen and oxygen atoms in total. The number of nitrogens with zero attached hydrogens (tertiary/aromatic N) is 3. The summed E-state index contributed by atoms with van der Waals surface area (Å²) in [6, 6.07) is 8.87. The number of nitrogens with two attached hydrogens (primary N) is 1. The van der Waals surface area contributed by atoms with Gasteiger partial charge in [-0.1, -0.05) is 6.07 Å². The zero-order valence-electron chi connectivity index (χ0n) is 10.8. The van der Waals surface area contributed by atoms with Crippen molar-refractivity contribution in [3.8, 4) is 6.07 Å². The quantitative estimate of drug-likeness (QED) is 0.829. The largest absolute Gasteiger partial charge is 0.326 e. The molecule has 1 aromatic heterocycles. The molecule has 1 aliphatic carbocycles. The van der Waals surface area contributed by atoms with Crippen LogP contribution in [0.1, 0.15) is 37.9 Å². The minimum atomic E-state index is 0.0131. The standard InChI is InChI=1S/C14H20N4/c1-11(16)14(13-5-2-3-9-17-13)18(10-4-8-15)12-6-7-12/h2-3,5,9,11-12,14H,4,6-7,10,16H2,1H3. The fraction of sp³-hybridized carbons (Fsp3) is 0.571. The lowest BCUT2D eigenvalue weighted by molar-refractivity contribution is 0.166. The first kappa shape index (κ1) is 13.0. The zero-order chi connectivity index (χ0) is 13.0. The van der Waals surface area contributed by atoms with Crippen LogP contribution < -0.4 is 5.73 Å². The summed E-state index contributed by atoms with van der Waals surface area (Å²) in [7, 11) is 0. The van der Waals surface area contributed by atoms with Crippen LogP contribution >= 0.6 is 0 Å². The van der Waals surface area contributed by atoms with Gasteiger partial charge in [-0.2, -0.15) is 5.26 Å². The topological polar surface area (TPSA) is 65.9 Å². The van der Waals surface area contributed by atoms with Crippen molar-refractivity contribution in [2.24, 2.45) is 5.73 Å². The molecule has 0 spiro atoms. The Hall–Kier alpha value is -1.44. The van der Waals surface area contributed by atoms with Crippen LogP contribution in [0.15, 0.2) is 24.4 Å². The predicted molar refractivity (Wildman–Crippen MR) is 70.6 cm³/mol. The predicted octanol–water partition coefficient (Wildman–Crippen LogP) is 1.85. The van der Waals surface area contributed by atoms with E-state index in [2.05, 4.69) is 16.0 Å². The molecule has 0 saturated heterocycles. The van der Waals surface area contributed by atoms with Crippen LogP contribution in [0.4, 0.5) is 0 Å². The van der Waals surface area contributed by atoms with Crippen LogP contribution in [0.5, 0.6) is 0 Å². The fourth-order valence-corrected chi connectivity index (χ4v) is 2.43. The Labute approximate surface area is 108 Å². The minimum absolute atomic E-state index is 0.0131. The van der Waals surface area contributed by atoms with Gasteiger partial charge in [0.2, 0.25) is 0 Å². The van der Waals surface area contributed by atoms with E-state index in [1.807, 2.05) is 25.1 Å². The van der Waals surface area contributed by atoms with Crippen molar-refractivity contribution in [2.45, 2.75) is 44.3 Å². The second-order valence-corrected chi connectivity index (χ2v) is 4.94. The lowest BCUT2D eigenvalue weighted by Gasteiger charge is -2.33. The first-order valence-corrected chi connectivity index (χ1v) is 6.53. The Morgan fingerprint density at radius 2 is 2.33 bits per heavy atom. The van der Waals surface area contributed by atoms with Crippen molar-refractivity contribution in [1.29, 1.82) is 5.26 Å². The fourth-order valence-electron chi connectivity index (χ4n) is 2.43. The van der Waals surface area contributed by atoms with E-state index in [9.17, 15) is 0 Å². The highest BCUT2D eigenvalue weighted by Gasteiger charge is 2.36. The third-order valence-electron chi connectivity index (χ3n) is 3.34. The van der Waals surface area contributed by atoms with E-state index in [1.54, 1.807) is 6.20 Å². The molecule has 0 aromatic carbocycles. The lowest BCUT2D eigenvalue weighted by atomic mass is 10.0. The SMILES string of the molecule is CC(N)C(c1ccccn1)N(CCC#N)C1CC1. The highest BCUT2D eigenvalue weighted by molar-refractivity contribution is 5.12. The number of rotatable bonds is 6. The van der Waals surface area contributed by atoms with Crippen molar-refractivity contribution in [1.82, 2.24) is 9.88 Å². The maximum atomic E-state index is 8.78. The van der Waals surface area contributed by atoms with Gasteiger partial charge in [-0.3, -0.25) is 9.88 Å². The van der Waals surface area contributed by atoms with Crippen molar-refractivity contribution in [3.05, 3.63) is 30.1 Å². The van der Waals surface area contributed by atoms with E-state index < -0.39 is 0 Å². The molecule has 1 aliphatic rings. The molecule has 1 aromatic rings. The summed E-state index contributed by atoms with van der Waals surface area (Å²) < 4.78 is 0. The number of hydrogen-bond acceptors (Lipinski definition) is 4. The molecule has 18 heavy (non-hydrogen) atoms. The van der Waals surface area contributed by atoms with Gasteiger partial charge in [-0.25, -0.2) is 0 Å². The molecule has 1 saturated carbocycles. The van der Waals surface area contributed by atoms with Crippen LogP contribution in [0.3, 0.4) is 0 Å². The maximum Gasteiger partial charge on any atom is 0.0673 e. The monoisotopic (exact) mass is 244 g/mol. The van der Waals surface area contributed by atoms with Gasteiger partial charge in [0, 0.05) is 31.2 Å². The summed E-state index contributed by atoms with van der Waals surface area (Å²) in [4.78, 5) is 6.79. The Morgan fingerprint density at radius 3 is 2.83 bits per heavy atom. The van der Waals surface area contributed by atoms with E-state index in [-0.39, 0.29) is 12.1 Å². The molecule has 2 rings (SSSR count). The van der Waals surface area contributed by atoms with Crippen LogP contribution in [0.25, 0.3) is 0 Å². The van der Waals surface area contributed by atoms with Crippen molar-refractivity contribution < 1.29 is 0 Å². The Bertz CT molecular complexity index is 406. The molecule has 0 radical (unpaired) electrons. The third-order valence-corrected chi connectivity index (χ3v) is 3.34. The Balaban J connectivity index is 2.19. The van der Waals surface area contributed by atoms with E-state index >= 15 is 0 Å². The molecular formula is C14H20N4. The Kier molecular flexibility index (Phi) is 4.29. The molecular weight excluding hydrogens is 224 g/mol. The van der Waals surface area contributed by atoms with Gasteiger partial charge in [-0.15, -0.1) is 0 Å². The molecule has 1 fully saturated rings. The minimum Gasteiger partial charge on any atom is -0.326 e. The van der Waals surface area contributed by atoms with E-state index in [0.717, 1.165) is 12.2 Å². The van der Waals surface area contributed by atoms with E-state index in [4.69, 9.17) is 11.0 Å². The summed E-state index contributed by atoms with van der Waals surface area (Å²) in [5.41, 5.74) is 7.15. The summed E-state index contributed by atoms with van der Waals surface area (Å²) in [5.74, 6) is 0. The van der Waals surface area contributed by atoms with Crippen molar-refractivity contribution in [3.63, 3.8) is 0 Å². The van der Waals surface area contributed by atoms with Gasteiger partial charge >= 0.3 is 0 Å². The summed E-state index contributed by atoms with van der Waals surface area (Å²) in [6.45, 7) is 2.80. The normalized spacial score (nSPS) is 18.3. The van der Waals surface area contributed by atoms with Crippen LogP contribution in [0.2, 0.25) is 0 Å². The second-order valence-electron chi connectivity index (χ2n) is 4.94. The molecule has 1 heterocycles. The summed E-state index contributed by atoms with van der Waals surface area (Å²) >= 11 is 0. The van der Waals surface area contributed by atoms with Crippen LogP contribution in [-0.2, 0) is 0 Å². The van der Waals surface area contributed by atoms with Gasteiger partial charge in [0.25, 0.3) is 0 Å². The average Bonchev–Trinajstić information content (AvgIpc) is 3.19. The Morgan fingerprint density at radius 1 is 1.56 bits per heavy atom. The average molecular weight is 244 g/mol. The number of aromatic nitrogens is 1. The molecule has 0 amide bonds. The second kappa shape index (κ2) is 5.94. The molecule has 2 unspecified atom stereocenters. The third kappa shape index (κ3) is 3.06. The van der Waals surface area contributed by atoms with Gasteiger partial charge in [0.15, 0.2) is 0 Å². The van der Waals surface area contributed by atoms with E-state index in [1.165, 1.54) is 12.8 Å². The van der Waals surface area contributed by atoms with Gasteiger partial charge in [0.1, 0.15) is 0 Å². The first-order chi connectivity index (χ1) is 8.74. The number of nitriles is 1. The van der Waals surface area contributed by atoms with Gasteiger partial charge < -0.3 is 5.73 Å². The summed E-state index contributed by atoms with van der Waals surface area (Å²) in [6.07, 6.45) is 4.77. The van der Waals surface area contributed by atoms with Gasteiger partial charge in [0.05, 0.1) is 17.8 Å². The molecule has 4 heteroatoms. The number of pyridine rings is 1. The maximum absolute atomic E-state index is 8.78. The smallest absolute Gasteiger partial charge is 0.0673 e. The molecule has 0 aliphatic heterocycles. The van der Waals surface area contributed by atoms with E-state index in [0.29, 0.717) is 12.5 Å². The first-order valence-electron chi connectivity index (χ1n) is 6.53. The van der Waals surface area contributed by atoms with Crippen molar-refractivity contribution >= 4 is 0 Å². The van der Waals surface area contributed by atoms with Crippen LogP contribution in [0, 0.1) is 11.3 Å². The zero-order valence-corrected chi connectivity index (χ0v) is 10.8.